The van der Waals surface area contributed by atoms with Crippen LogP contribution in [-0.4, -0.2) is 37.8 Å². The Morgan fingerprint density at radius 1 is 1.33 bits per heavy atom. The maximum atomic E-state index is 12.3. The number of carbonyl (C=O) groups is 1. The van der Waals surface area contributed by atoms with Gasteiger partial charge in [0.2, 0.25) is 5.88 Å². The normalized spacial score (nSPS) is 13.3. The molecule has 0 saturated carbocycles. The molecule has 0 saturated heterocycles. The Kier molecular flexibility index (Phi) is 4.57. The van der Waals surface area contributed by atoms with Gasteiger partial charge in [0.25, 0.3) is 0 Å². The molecule has 0 heterocycles. The van der Waals surface area contributed by atoms with E-state index in [0.29, 0.717) is 0 Å². The number of alkyl halides is 3. The largest absolute Gasteiger partial charge is 0.479 e. The predicted molar refractivity (Wildman–Crippen MR) is 44.5 cm³/mol. The van der Waals surface area contributed by atoms with Crippen molar-refractivity contribution < 1.29 is 27.1 Å². The molecule has 0 aliphatic carbocycles. The molecule has 0 atom stereocenters. The molecule has 0 bridgehead atoms. The first-order valence-electron chi connectivity index (χ1n) is 4.03. The Labute approximate surface area is 84.3 Å². The van der Waals surface area contributed by atoms with Gasteiger partial charge in [-0.25, -0.2) is 0 Å². The van der Waals surface area contributed by atoms with E-state index in [1.165, 1.54) is 21.0 Å². The standard InChI is InChI=1S/C8H11F4NO2/c1-4-15-7(13(2)3)5(6(9)14)8(10,11)12/h4H2,1-3H3/b7-5+. The van der Waals surface area contributed by atoms with Crippen LogP contribution in [0.15, 0.2) is 11.5 Å². The molecule has 0 N–H and O–H groups in total. The lowest BCUT2D eigenvalue weighted by atomic mass is 10.2. The summed E-state index contributed by atoms with van der Waals surface area (Å²) in [6.07, 6.45) is -5.07. The van der Waals surface area contributed by atoms with E-state index < -0.39 is 23.7 Å². The summed E-state index contributed by atoms with van der Waals surface area (Å²) in [5, 5.41) is 0. The molecule has 7 heteroatoms. The van der Waals surface area contributed by atoms with Crippen molar-refractivity contribution in [2.45, 2.75) is 13.1 Å². The van der Waals surface area contributed by atoms with Crippen molar-refractivity contribution >= 4 is 6.04 Å². The second-order valence-electron chi connectivity index (χ2n) is 2.78. The number of hydrogen-bond donors (Lipinski definition) is 0. The zero-order valence-electron chi connectivity index (χ0n) is 8.48. The molecular weight excluding hydrogens is 218 g/mol. The van der Waals surface area contributed by atoms with Gasteiger partial charge in [-0.15, -0.1) is 0 Å². The van der Waals surface area contributed by atoms with Gasteiger partial charge in [0, 0.05) is 14.1 Å². The Balaban J connectivity index is 5.46. The van der Waals surface area contributed by atoms with E-state index in [4.69, 9.17) is 0 Å². The van der Waals surface area contributed by atoms with Crippen molar-refractivity contribution in [3.8, 4) is 0 Å². The van der Waals surface area contributed by atoms with Crippen LogP contribution in [0.25, 0.3) is 0 Å². The SMILES string of the molecule is CCO/C(=C(\C(=O)F)C(F)(F)F)N(C)C. The molecule has 3 nitrogen and oxygen atoms in total. The molecule has 0 aliphatic heterocycles. The second kappa shape index (κ2) is 4.99. The number of hydrogen-bond acceptors (Lipinski definition) is 3. The molecule has 88 valence electrons. The molecule has 15 heavy (non-hydrogen) atoms. The molecule has 0 amide bonds. The fourth-order valence-corrected chi connectivity index (χ4v) is 0.878. The maximum absolute atomic E-state index is 12.3. The summed E-state index contributed by atoms with van der Waals surface area (Å²) in [4.78, 5) is 11.2. The predicted octanol–water partition coefficient (Wildman–Crippen LogP) is 1.85. The van der Waals surface area contributed by atoms with Gasteiger partial charge >= 0.3 is 12.2 Å². The summed E-state index contributed by atoms with van der Waals surface area (Å²) in [5.41, 5.74) is -1.92. The average molecular weight is 229 g/mol. The minimum Gasteiger partial charge on any atom is -0.479 e. The highest BCUT2D eigenvalue weighted by molar-refractivity contribution is 5.89. The van der Waals surface area contributed by atoms with Crippen LogP contribution in [0.1, 0.15) is 6.92 Å². The first-order valence-corrected chi connectivity index (χ1v) is 4.03. The number of ether oxygens (including phenoxy) is 1. The number of allylic oxidation sites excluding steroid dienone is 1. The Morgan fingerprint density at radius 3 is 2.00 bits per heavy atom. The van der Waals surface area contributed by atoms with E-state index >= 15 is 0 Å². The fraction of sp³-hybridized carbons (Fsp3) is 0.625. The van der Waals surface area contributed by atoms with Crippen LogP contribution in [0.4, 0.5) is 17.6 Å². The second-order valence-corrected chi connectivity index (χ2v) is 2.78. The van der Waals surface area contributed by atoms with E-state index in [1.807, 2.05) is 0 Å². The minimum absolute atomic E-state index is 0.0969. The van der Waals surface area contributed by atoms with Crippen LogP contribution in [-0.2, 0) is 9.53 Å². The van der Waals surface area contributed by atoms with Crippen molar-refractivity contribution in [1.29, 1.82) is 0 Å². The smallest absolute Gasteiger partial charge is 0.427 e. The molecule has 0 spiro atoms. The quantitative estimate of drug-likeness (QED) is 0.319. The minimum atomic E-state index is -5.07. The van der Waals surface area contributed by atoms with Crippen LogP contribution >= 0.6 is 0 Å². The lowest BCUT2D eigenvalue weighted by Crippen LogP contribution is -2.27. The summed E-state index contributed by atoms with van der Waals surface area (Å²) in [6.45, 7) is 1.33. The van der Waals surface area contributed by atoms with Gasteiger partial charge in [0.1, 0.15) is 0 Å². The number of nitrogens with zero attached hydrogens (tertiary/aromatic N) is 1. The monoisotopic (exact) mass is 229 g/mol. The molecule has 0 unspecified atom stereocenters. The lowest BCUT2D eigenvalue weighted by molar-refractivity contribution is -0.140. The van der Waals surface area contributed by atoms with E-state index in [0.717, 1.165) is 4.90 Å². The summed E-state index contributed by atoms with van der Waals surface area (Å²) in [6, 6.07) is -2.56. The third kappa shape index (κ3) is 3.77. The molecule has 0 aromatic heterocycles. The molecule has 0 aromatic rings. The van der Waals surface area contributed by atoms with Crippen molar-refractivity contribution in [1.82, 2.24) is 4.90 Å². The van der Waals surface area contributed by atoms with E-state index in [-0.39, 0.29) is 6.61 Å². The molecule has 0 radical (unpaired) electrons. The highest BCUT2D eigenvalue weighted by atomic mass is 19.4. The van der Waals surface area contributed by atoms with Gasteiger partial charge in [0.15, 0.2) is 5.57 Å². The van der Waals surface area contributed by atoms with Crippen molar-refractivity contribution in [2.24, 2.45) is 0 Å². The first-order chi connectivity index (χ1) is 6.71. The van der Waals surface area contributed by atoms with Gasteiger partial charge in [-0.2, -0.15) is 17.6 Å². The van der Waals surface area contributed by atoms with Gasteiger partial charge in [0.05, 0.1) is 6.61 Å². The highest BCUT2D eigenvalue weighted by Crippen LogP contribution is 2.30. The third-order valence-corrected chi connectivity index (χ3v) is 1.38. The fourth-order valence-electron chi connectivity index (χ4n) is 0.878. The highest BCUT2D eigenvalue weighted by Gasteiger charge is 2.43. The Bertz CT molecular complexity index is 270. The maximum Gasteiger partial charge on any atom is 0.427 e. The topological polar surface area (TPSA) is 29.5 Å². The average Bonchev–Trinajstić information content (AvgIpc) is 1.99. The van der Waals surface area contributed by atoms with Gasteiger partial charge < -0.3 is 9.64 Å². The van der Waals surface area contributed by atoms with Gasteiger partial charge in [-0.05, 0) is 6.92 Å². The van der Waals surface area contributed by atoms with Crippen LogP contribution in [0.2, 0.25) is 0 Å². The summed E-state index contributed by atoms with van der Waals surface area (Å²) < 4.78 is 53.7. The van der Waals surface area contributed by atoms with Crippen molar-refractivity contribution in [3.63, 3.8) is 0 Å². The number of rotatable bonds is 4. The van der Waals surface area contributed by atoms with Crippen molar-refractivity contribution in [3.05, 3.63) is 11.5 Å². The lowest BCUT2D eigenvalue weighted by Gasteiger charge is -2.20. The Hall–Kier alpha value is -1.27. The van der Waals surface area contributed by atoms with Gasteiger partial charge in [-0.1, -0.05) is 0 Å². The van der Waals surface area contributed by atoms with E-state index in [2.05, 4.69) is 4.74 Å². The van der Waals surface area contributed by atoms with Crippen LogP contribution in [0.3, 0.4) is 0 Å². The van der Waals surface area contributed by atoms with Crippen LogP contribution in [0, 0.1) is 0 Å². The van der Waals surface area contributed by atoms with E-state index in [9.17, 15) is 22.4 Å². The molecule has 0 fully saturated rings. The third-order valence-electron chi connectivity index (χ3n) is 1.38. The molecule has 0 rings (SSSR count). The number of carbonyl (C=O) groups excluding carboxylic acids is 1. The zero-order chi connectivity index (χ0) is 12.2. The zero-order valence-corrected chi connectivity index (χ0v) is 8.48. The molecular formula is C8H11F4NO2. The summed E-state index contributed by atoms with van der Waals surface area (Å²) in [7, 11) is 2.44. The Morgan fingerprint density at radius 2 is 1.80 bits per heavy atom. The van der Waals surface area contributed by atoms with Gasteiger partial charge in [-0.3, -0.25) is 4.79 Å². The van der Waals surface area contributed by atoms with E-state index in [1.54, 1.807) is 0 Å². The molecule has 0 aliphatic rings. The summed E-state index contributed by atoms with van der Waals surface area (Å²) in [5.74, 6) is -0.822. The number of halogens is 4. The van der Waals surface area contributed by atoms with Crippen LogP contribution in [0.5, 0.6) is 0 Å². The first kappa shape index (κ1) is 13.7. The van der Waals surface area contributed by atoms with Crippen LogP contribution < -0.4 is 0 Å². The molecule has 0 aromatic carbocycles. The summed E-state index contributed by atoms with van der Waals surface area (Å²) >= 11 is 0. The van der Waals surface area contributed by atoms with Crippen molar-refractivity contribution in [2.75, 3.05) is 20.7 Å².